The number of fused-ring (bicyclic) bond motifs is 1. The third-order valence-corrected chi connectivity index (χ3v) is 4.09. The van der Waals surface area contributed by atoms with E-state index in [1.54, 1.807) is 13.8 Å². The Balaban J connectivity index is 2.14. The maximum absolute atomic E-state index is 12.0. The zero-order chi connectivity index (χ0) is 13.3. The second kappa shape index (κ2) is 4.88. The molecule has 18 heavy (non-hydrogen) atoms. The van der Waals surface area contributed by atoms with Crippen LogP contribution in [0.5, 0.6) is 0 Å². The van der Waals surface area contributed by atoms with Gasteiger partial charge >= 0.3 is 11.9 Å². The van der Waals surface area contributed by atoms with Crippen LogP contribution in [0.4, 0.5) is 0 Å². The summed E-state index contributed by atoms with van der Waals surface area (Å²) in [6, 6.07) is -0.887. The first-order chi connectivity index (χ1) is 8.54. The Bertz CT molecular complexity index is 337. The summed E-state index contributed by atoms with van der Waals surface area (Å²) >= 11 is 0. The van der Waals surface area contributed by atoms with Crippen LogP contribution in [0.15, 0.2) is 0 Å². The number of carbonyl (C=O) groups excluding carboxylic acids is 2. The Hall–Kier alpha value is -1.10. The van der Waals surface area contributed by atoms with Gasteiger partial charge in [-0.3, -0.25) is 4.90 Å². The summed E-state index contributed by atoms with van der Waals surface area (Å²) in [5.41, 5.74) is -0.00973. The number of likely N-dealkylation sites (tertiary alicyclic amines) is 1. The molecule has 102 valence electrons. The quantitative estimate of drug-likeness (QED) is 0.541. The summed E-state index contributed by atoms with van der Waals surface area (Å²) in [5, 5.41) is 0. The van der Waals surface area contributed by atoms with Crippen LogP contribution in [0.1, 0.15) is 33.6 Å². The van der Waals surface area contributed by atoms with Gasteiger partial charge in [0, 0.05) is 12.1 Å². The average Bonchev–Trinajstić information content (AvgIpc) is 2.87. The molecule has 0 amide bonds. The molecular formula is C13H21NO4. The van der Waals surface area contributed by atoms with Crippen LogP contribution in [-0.2, 0) is 19.1 Å². The molecule has 2 unspecified atom stereocenters. The van der Waals surface area contributed by atoms with Crippen LogP contribution < -0.4 is 0 Å². The van der Waals surface area contributed by atoms with Gasteiger partial charge in [-0.25, -0.2) is 9.59 Å². The molecule has 1 heterocycles. The van der Waals surface area contributed by atoms with Crippen LogP contribution in [0.25, 0.3) is 0 Å². The fourth-order valence-corrected chi connectivity index (χ4v) is 2.97. The minimum Gasteiger partial charge on any atom is -0.464 e. The molecule has 1 saturated carbocycles. The molecular weight excluding hydrogens is 234 g/mol. The third-order valence-electron chi connectivity index (χ3n) is 4.09. The van der Waals surface area contributed by atoms with Gasteiger partial charge in [0.15, 0.2) is 0 Å². The Morgan fingerprint density at radius 1 is 1.28 bits per heavy atom. The van der Waals surface area contributed by atoms with Crippen molar-refractivity contribution in [1.29, 1.82) is 0 Å². The summed E-state index contributed by atoms with van der Waals surface area (Å²) in [5.74, 6) is -0.349. The molecule has 2 fully saturated rings. The zero-order valence-corrected chi connectivity index (χ0v) is 11.3. The maximum Gasteiger partial charge on any atom is 0.335 e. The van der Waals surface area contributed by atoms with E-state index in [0.29, 0.717) is 5.92 Å². The number of carbonyl (C=O) groups is 2. The summed E-state index contributed by atoms with van der Waals surface area (Å²) in [7, 11) is 0. The van der Waals surface area contributed by atoms with E-state index in [1.807, 2.05) is 4.90 Å². The van der Waals surface area contributed by atoms with Gasteiger partial charge < -0.3 is 9.47 Å². The smallest absolute Gasteiger partial charge is 0.335 e. The van der Waals surface area contributed by atoms with E-state index in [4.69, 9.17) is 9.47 Å². The first kappa shape index (κ1) is 13.3. The molecule has 1 aliphatic heterocycles. The van der Waals surface area contributed by atoms with Crippen LogP contribution >= 0.6 is 0 Å². The van der Waals surface area contributed by atoms with Crippen LogP contribution in [-0.4, -0.2) is 48.2 Å². The molecule has 1 aliphatic carbocycles. The van der Waals surface area contributed by atoms with Gasteiger partial charge in [-0.2, -0.15) is 0 Å². The average molecular weight is 255 g/mol. The van der Waals surface area contributed by atoms with E-state index in [1.165, 1.54) is 0 Å². The molecule has 0 N–H and O–H groups in total. The lowest BCUT2D eigenvalue weighted by molar-refractivity contribution is -0.164. The fourth-order valence-electron chi connectivity index (χ4n) is 2.97. The predicted octanol–water partition coefficient (Wildman–Crippen LogP) is 0.965. The number of hydrogen-bond donors (Lipinski definition) is 0. The number of hydrogen-bond acceptors (Lipinski definition) is 5. The van der Waals surface area contributed by atoms with E-state index >= 15 is 0 Å². The Labute approximate surface area is 107 Å². The highest BCUT2D eigenvalue weighted by molar-refractivity contribution is 5.99. The van der Waals surface area contributed by atoms with E-state index in [0.717, 1.165) is 19.4 Å². The van der Waals surface area contributed by atoms with Crippen molar-refractivity contribution in [3.63, 3.8) is 0 Å². The first-order valence-electron chi connectivity index (χ1n) is 6.64. The number of nitrogens with zero attached hydrogens (tertiary/aromatic N) is 1. The van der Waals surface area contributed by atoms with Crippen LogP contribution in [0.3, 0.4) is 0 Å². The predicted molar refractivity (Wildman–Crippen MR) is 64.9 cm³/mol. The van der Waals surface area contributed by atoms with Gasteiger partial charge in [0.1, 0.15) is 0 Å². The Kier molecular flexibility index (Phi) is 3.61. The molecule has 1 saturated heterocycles. The largest absolute Gasteiger partial charge is 0.464 e. The first-order valence-corrected chi connectivity index (χ1v) is 6.64. The zero-order valence-electron chi connectivity index (χ0n) is 11.3. The lowest BCUT2D eigenvalue weighted by atomic mass is 10.2. The molecule has 2 rings (SSSR count). The fraction of sp³-hybridized carbons (Fsp3) is 0.846. The van der Waals surface area contributed by atoms with E-state index in [2.05, 4.69) is 6.92 Å². The number of piperidine rings is 1. The molecule has 5 nitrogen and oxygen atoms in total. The SMILES string of the molecule is CCOC(=O)C(C(=O)OCC)N1CCC2CC21C. The normalized spacial score (nSPS) is 30.1. The summed E-state index contributed by atoms with van der Waals surface area (Å²) < 4.78 is 10.0. The summed E-state index contributed by atoms with van der Waals surface area (Å²) in [6.45, 7) is 6.92. The van der Waals surface area contributed by atoms with Crippen molar-refractivity contribution >= 4 is 11.9 Å². The second-order valence-electron chi connectivity index (χ2n) is 5.15. The summed E-state index contributed by atoms with van der Waals surface area (Å²) in [4.78, 5) is 25.9. The topological polar surface area (TPSA) is 55.8 Å². The van der Waals surface area contributed by atoms with Crippen molar-refractivity contribution in [3.05, 3.63) is 0 Å². The highest BCUT2D eigenvalue weighted by atomic mass is 16.6. The minimum absolute atomic E-state index is 0.00973. The van der Waals surface area contributed by atoms with Gasteiger partial charge in [0.25, 0.3) is 0 Å². The lowest BCUT2D eigenvalue weighted by Gasteiger charge is -2.30. The van der Waals surface area contributed by atoms with E-state index < -0.39 is 18.0 Å². The van der Waals surface area contributed by atoms with Gasteiger partial charge in [-0.15, -0.1) is 0 Å². The molecule has 0 aromatic heterocycles. The number of ether oxygens (including phenoxy) is 2. The second-order valence-corrected chi connectivity index (χ2v) is 5.15. The van der Waals surface area contributed by atoms with Crippen molar-refractivity contribution < 1.29 is 19.1 Å². The third kappa shape index (κ3) is 2.11. The Morgan fingerprint density at radius 2 is 1.83 bits per heavy atom. The van der Waals surface area contributed by atoms with Crippen molar-refractivity contribution in [3.8, 4) is 0 Å². The molecule has 5 heteroatoms. The van der Waals surface area contributed by atoms with Crippen molar-refractivity contribution in [2.24, 2.45) is 5.92 Å². The maximum atomic E-state index is 12.0. The highest BCUT2D eigenvalue weighted by Crippen LogP contribution is 2.56. The molecule has 2 atom stereocenters. The Morgan fingerprint density at radius 3 is 2.17 bits per heavy atom. The van der Waals surface area contributed by atoms with Gasteiger partial charge in [0.05, 0.1) is 13.2 Å². The molecule has 0 aromatic carbocycles. The molecule has 0 aromatic rings. The summed E-state index contributed by atoms with van der Waals surface area (Å²) in [6.07, 6.45) is 2.11. The van der Waals surface area contributed by atoms with Gasteiger partial charge in [-0.05, 0) is 39.5 Å². The van der Waals surface area contributed by atoms with Crippen molar-refractivity contribution in [2.45, 2.75) is 45.2 Å². The number of rotatable bonds is 5. The van der Waals surface area contributed by atoms with Crippen molar-refractivity contribution in [2.75, 3.05) is 19.8 Å². The van der Waals surface area contributed by atoms with Gasteiger partial charge in [-0.1, -0.05) is 0 Å². The monoisotopic (exact) mass is 255 g/mol. The molecule has 2 aliphatic rings. The number of esters is 2. The van der Waals surface area contributed by atoms with Crippen molar-refractivity contribution in [1.82, 2.24) is 4.90 Å². The standard InChI is InChI=1S/C13H21NO4/c1-4-17-11(15)10(12(16)18-5-2)14-7-6-9-8-13(9,14)3/h9-10H,4-8H2,1-3H3. The highest BCUT2D eigenvalue weighted by Gasteiger charge is 2.62. The molecule has 0 bridgehead atoms. The van der Waals surface area contributed by atoms with Crippen LogP contribution in [0.2, 0.25) is 0 Å². The van der Waals surface area contributed by atoms with E-state index in [-0.39, 0.29) is 18.8 Å². The minimum atomic E-state index is -0.887. The molecule has 0 radical (unpaired) electrons. The van der Waals surface area contributed by atoms with E-state index in [9.17, 15) is 9.59 Å². The van der Waals surface area contributed by atoms with Crippen LogP contribution in [0, 0.1) is 5.92 Å². The van der Waals surface area contributed by atoms with Gasteiger partial charge in [0.2, 0.25) is 6.04 Å². The lowest BCUT2D eigenvalue weighted by Crippen LogP contribution is -2.52. The molecule has 0 spiro atoms.